The molecule has 1 aliphatic rings. The van der Waals surface area contributed by atoms with Gasteiger partial charge < -0.3 is 25.0 Å². The van der Waals surface area contributed by atoms with Crippen molar-refractivity contribution in [2.75, 3.05) is 48.9 Å². The number of rotatable bonds is 6. The standard InChI is InChI=1S/C22H26N6O2.ClH/c1-15-7-8-18(13-16(15)2)24-21-25-20(23-17-5-4-6-19(14-17)29-3)26-22(27-21)28-9-11-30-12-10-28;/h4-8,13-14H,9-12H2,1-3H3,(H2,23,24,25,26,27);1H. The maximum Gasteiger partial charge on any atom is 0.233 e. The van der Waals surface area contributed by atoms with Crippen molar-refractivity contribution in [3.63, 3.8) is 0 Å². The van der Waals surface area contributed by atoms with Gasteiger partial charge in [-0.15, -0.1) is 12.4 Å². The van der Waals surface area contributed by atoms with Gasteiger partial charge in [-0.3, -0.25) is 0 Å². The number of nitrogens with one attached hydrogen (secondary N) is 2. The van der Waals surface area contributed by atoms with Crippen LogP contribution in [0.5, 0.6) is 5.75 Å². The number of ether oxygens (including phenoxy) is 2. The Bertz CT molecular complexity index is 1030. The second-order valence-corrected chi connectivity index (χ2v) is 7.16. The van der Waals surface area contributed by atoms with Crippen molar-refractivity contribution in [2.45, 2.75) is 13.8 Å². The predicted octanol–water partition coefficient (Wildman–Crippen LogP) is 4.24. The smallest absolute Gasteiger partial charge is 0.233 e. The quantitative estimate of drug-likeness (QED) is 0.586. The number of hydrogen-bond donors (Lipinski definition) is 2. The zero-order chi connectivity index (χ0) is 20.9. The van der Waals surface area contributed by atoms with Gasteiger partial charge in [0.05, 0.1) is 20.3 Å². The molecule has 31 heavy (non-hydrogen) atoms. The molecule has 1 fully saturated rings. The van der Waals surface area contributed by atoms with Crippen molar-refractivity contribution >= 4 is 41.6 Å². The molecule has 0 saturated carbocycles. The van der Waals surface area contributed by atoms with E-state index in [1.807, 2.05) is 30.3 Å². The molecule has 0 spiro atoms. The number of morpholine rings is 1. The number of methoxy groups -OCH3 is 1. The summed E-state index contributed by atoms with van der Waals surface area (Å²) < 4.78 is 10.8. The Labute approximate surface area is 188 Å². The summed E-state index contributed by atoms with van der Waals surface area (Å²) in [5.74, 6) is 2.33. The van der Waals surface area contributed by atoms with E-state index in [1.165, 1.54) is 11.1 Å². The fourth-order valence-corrected chi connectivity index (χ4v) is 3.16. The molecule has 2 N–H and O–H groups in total. The molecule has 164 valence electrons. The van der Waals surface area contributed by atoms with Gasteiger partial charge in [0.15, 0.2) is 0 Å². The first kappa shape index (κ1) is 22.6. The first-order valence-electron chi connectivity index (χ1n) is 9.95. The van der Waals surface area contributed by atoms with Crippen LogP contribution in [-0.2, 0) is 4.74 Å². The monoisotopic (exact) mass is 442 g/mol. The van der Waals surface area contributed by atoms with Crippen LogP contribution in [0.25, 0.3) is 0 Å². The average Bonchev–Trinajstić information content (AvgIpc) is 2.77. The van der Waals surface area contributed by atoms with E-state index in [4.69, 9.17) is 9.47 Å². The van der Waals surface area contributed by atoms with Gasteiger partial charge in [-0.2, -0.15) is 15.0 Å². The molecule has 1 aromatic heterocycles. The maximum absolute atomic E-state index is 5.46. The molecule has 9 heteroatoms. The second-order valence-electron chi connectivity index (χ2n) is 7.16. The number of aryl methyl sites for hydroxylation is 2. The van der Waals surface area contributed by atoms with E-state index >= 15 is 0 Å². The van der Waals surface area contributed by atoms with Crippen molar-refractivity contribution in [1.82, 2.24) is 15.0 Å². The summed E-state index contributed by atoms with van der Waals surface area (Å²) in [6, 6.07) is 13.8. The molecule has 1 saturated heterocycles. The van der Waals surface area contributed by atoms with Crippen LogP contribution in [0, 0.1) is 13.8 Å². The maximum atomic E-state index is 5.46. The SMILES string of the molecule is COc1cccc(Nc2nc(Nc3ccc(C)c(C)c3)nc(N3CCOCC3)n2)c1.Cl. The molecule has 2 heterocycles. The summed E-state index contributed by atoms with van der Waals surface area (Å²) >= 11 is 0. The lowest BCUT2D eigenvalue weighted by Gasteiger charge is -2.27. The number of anilines is 5. The van der Waals surface area contributed by atoms with Gasteiger partial charge in [-0.05, 0) is 49.2 Å². The van der Waals surface area contributed by atoms with Crippen LogP contribution in [0.4, 0.5) is 29.2 Å². The van der Waals surface area contributed by atoms with E-state index in [1.54, 1.807) is 7.11 Å². The van der Waals surface area contributed by atoms with Crippen LogP contribution in [0.2, 0.25) is 0 Å². The number of aromatic nitrogens is 3. The highest BCUT2D eigenvalue weighted by molar-refractivity contribution is 5.85. The zero-order valence-electron chi connectivity index (χ0n) is 17.9. The predicted molar refractivity (Wildman–Crippen MR) is 126 cm³/mol. The third kappa shape index (κ3) is 5.74. The van der Waals surface area contributed by atoms with Gasteiger partial charge >= 0.3 is 0 Å². The lowest BCUT2D eigenvalue weighted by atomic mass is 10.1. The molecule has 3 aromatic rings. The van der Waals surface area contributed by atoms with Crippen LogP contribution in [0.3, 0.4) is 0 Å². The van der Waals surface area contributed by atoms with Crippen molar-refractivity contribution < 1.29 is 9.47 Å². The minimum absolute atomic E-state index is 0. The Hall–Kier alpha value is -3.10. The van der Waals surface area contributed by atoms with Crippen LogP contribution in [0.1, 0.15) is 11.1 Å². The van der Waals surface area contributed by atoms with Gasteiger partial charge in [0, 0.05) is 30.5 Å². The Morgan fingerprint density at radius 3 is 2.19 bits per heavy atom. The molecule has 0 aliphatic carbocycles. The highest BCUT2D eigenvalue weighted by atomic mass is 35.5. The van der Waals surface area contributed by atoms with Gasteiger partial charge in [0.2, 0.25) is 17.8 Å². The molecule has 0 atom stereocenters. The number of halogens is 1. The highest BCUT2D eigenvalue weighted by Crippen LogP contribution is 2.24. The third-order valence-corrected chi connectivity index (χ3v) is 5.01. The first-order valence-corrected chi connectivity index (χ1v) is 9.95. The molecular formula is C22H27ClN6O2. The Balaban J connectivity index is 0.00000272. The summed E-state index contributed by atoms with van der Waals surface area (Å²) in [6.07, 6.45) is 0. The Kier molecular flexibility index (Phi) is 7.49. The van der Waals surface area contributed by atoms with E-state index in [0.29, 0.717) is 31.1 Å². The summed E-state index contributed by atoms with van der Waals surface area (Å²) in [5.41, 5.74) is 4.22. The van der Waals surface area contributed by atoms with E-state index in [-0.39, 0.29) is 12.4 Å². The minimum atomic E-state index is 0. The highest BCUT2D eigenvalue weighted by Gasteiger charge is 2.17. The summed E-state index contributed by atoms with van der Waals surface area (Å²) in [7, 11) is 1.64. The lowest BCUT2D eigenvalue weighted by molar-refractivity contribution is 0.122. The fraction of sp³-hybridized carbons (Fsp3) is 0.318. The Morgan fingerprint density at radius 1 is 0.871 bits per heavy atom. The van der Waals surface area contributed by atoms with E-state index in [9.17, 15) is 0 Å². The topological polar surface area (TPSA) is 84.4 Å². The first-order chi connectivity index (χ1) is 14.6. The molecule has 0 amide bonds. The Morgan fingerprint density at radius 2 is 1.55 bits per heavy atom. The molecule has 0 bridgehead atoms. The van der Waals surface area contributed by atoms with Crippen LogP contribution < -0.4 is 20.3 Å². The molecule has 1 aliphatic heterocycles. The molecule has 4 rings (SSSR count). The molecule has 2 aromatic carbocycles. The van der Waals surface area contributed by atoms with Crippen molar-refractivity contribution in [1.29, 1.82) is 0 Å². The van der Waals surface area contributed by atoms with Crippen LogP contribution >= 0.6 is 12.4 Å². The number of hydrogen-bond acceptors (Lipinski definition) is 8. The van der Waals surface area contributed by atoms with Crippen molar-refractivity contribution in [3.8, 4) is 5.75 Å². The average molecular weight is 443 g/mol. The number of benzene rings is 2. The van der Waals surface area contributed by atoms with Gasteiger partial charge in [-0.25, -0.2) is 0 Å². The third-order valence-electron chi connectivity index (χ3n) is 5.01. The van der Waals surface area contributed by atoms with E-state index in [2.05, 4.69) is 56.5 Å². The van der Waals surface area contributed by atoms with Gasteiger partial charge in [-0.1, -0.05) is 12.1 Å². The van der Waals surface area contributed by atoms with E-state index < -0.39 is 0 Å². The van der Waals surface area contributed by atoms with E-state index in [0.717, 1.165) is 30.2 Å². The van der Waals surface area contributed by atoms with Crippen molar-refractivity contribution in [3.05, 3.63) is 53.6 Å². The van der Waals surface area contributed by atoms with Crippen LogP contribution in [0.15, 0.2) is 42.5 Å². The van der Waals surface area contributed by atoms with Crippen LogP contribution in [-0.4, -0.2) is 48.4 Å². The summed E-state index contributed by atoms with van der Waals surface area (Å²) in [5, 5.41) is 6.58. The molecule has 0 radical (unpaired) electrons. The lowest BCUT2D eigenvalue weighted by Crippen LogP contribution is -2.37. The second kappa shape index (κ2) is 10.3. The summed E-state index contributed by atoms with van der Waals surface area (Å²) in [6.45, 7) is 6.98. The minimum Gasteiger partial charge on any atom is -0.497 e. The molecule has 8 nitrogen and oxygen atoms in total. The number of nitrogens with zero attached hydrogens (tertiary/aromatic N) is 4. The normalized spacial score (nSPS) is 13.3. The fourth-order valence-electron chi connectivity index (χ4n) is 3.16. The van der Waals surface area contributed by atoms with Gasteiger partial charge in [0.1, 0.15) is 5.75 Å². The van der Waals surface area contributed by atoms with Crippen molar-refractivity contribution in [2.24, 2.45) is 0 Å². The molecular weight excluding hydrogens is 416 g/mol. The largest absolute Gasteiger partial charge is 0.497 e. The molecule has 0 unspecified atom stereocenters. The zero-order valence-corrected chi connectivity index (χ0v) is 18.7. The van der Waals surface area contributed by atoms with Gasteiger partial charge in [0.25, 0.3) is 0 Å². The summed E-state index contributed by atoms with van der Waals surface area (Å²) in [4.78, 5) is 16.0.